The summed E-state index contributed by atoms with van der Waals surface area (Å²) < 4.78 is 5.79. The van der Waals surface area contributed by atoms with E-state index in [1.54, 1.807) is 0 Å². The van der Waals surface area contributed by atoms with E-state index in [-0.39, 0.29) is 0 Å². The third kappa shape index (κ3) is 2.34. The average molecular weight is 274 g/mol. The SMILES string of the molecule is CNCc1ccc(Cl)cc1-c1cccc2c1OCC2. The predicted octanol–water partition coefficient (Wildman–Crippen LogP) is 3.66. The topological polar surface area (TPSA) is 21.3 Å². The minimum atomic E-state index is 0.755. The van der Waals surface area contributed by atoms with Crippen molar-refractivity contribution in [2.24, 2.45) is 0 Å². The van der Waals surface area contributed by atoms with Gasteiger partial charge in [-0.2, -0.15) is 0 Å². The molecule has 0 bridgehead atoms. The highest BCUT2D eigenvalue weighted by Crippen LogP contribution is 2.39. The number of rotatable bonds is 3. The minimum absolute atomic E-state index is 0.755. The normalized spacial score (nSPS) is 13.2. The van der Waals surface area contributed by atoms with E-state index in [1.807, 2.05) is 19.2 Å². The predicted molar refractivity (Wildman–Crippen MR) is 78.9 cm³/mol. The Balaban J connectivity index is 2.16. The second-order valence-corrected chi connectivity index (χ2v) is 5.16. The molecule has 1 aliphatic rings. The van der Waals surface area contributed by atoms with Crippen LogP contribution in [0.2, 0.25) is 5.02 Å². The molecule has 0 aromatic heterocycles. The van der Waals surface area contributed by atoms with Gasteiger partial charge in [-0.05, 0) is 35.9 Å². The van der Waals surface area contributed by atoms with Crippen molar-refractivity contribution in [3.63, 3.8) is 0 Å². The number of halogens is 1. The number of benzene rings is 2. The first-order valence-electron chi connectivity index (χ1n) is 6.47. The first-order chi connectivity index (χ1) is 9.29. The molecule has 0 atom stereocenters. The van der Waals surface area contributed by atoms with E-state index in [2.05, 4.69) is 29.6 Å². The molecule has 0 radical (unpaired) electrons. The first kappa shape index (κ1) is 12.5. The fourth-order valence-electron chi connectivity index (χ4n) is 2.57. The van der Waals surface area contributed by atoms with Crippen LogP contribution in [0.3, 0.4) is 0 Å². The van der Waals surface area contributed by atoms with E-state index in [4.69, 9.17) is 16.3 Å². The van der Waals surface area contributed by atoms with Gasteiger partial charge in [-0.3, -0.25) is 0 Å². The highest BCUT2D eigenvalue weighted by Gasteiger charge is 2.18. The summed E-state index contributed by atoms with van der Waals surface area (Å²) >= 11 is 6.16. The Hall–Kier alpha value is -1.51. The van der Waals surface area contributed by atoms with Gasteiger partial charge in [0.15, 0.2) is 0 Å². The third-order valence-electron chi connectivity index (χ3n) is 3.44. The van der Waals surface area contributed by atoms with Crippen LogP contribution in [0.5, 0.6) is 5.75 Å². The summed E-state index contributed by atoms with van der Waals surface area (Å²) in [5.74, 6) is 1.02. The minimum Gasteiger partial charge on any atom is -0.492 e. The largest absolute Gasteiger partial charge is 0.492 e. The second-order valence-electron chi connectivity index (χ2n) is 4.72. The molecule has 1 N–H and O–H groups in total. The van der Waals surface area contributed by atoms with Crippen molar-refractivity contribution in [2.75, 3.05) is 13.7 Å². The number of nitrogens with one attached hydrogen (secondary N) is 1. The highest BCUT2D eigenvalue weighted by atomic mass is 35.5. The van der Waals surface area contributed by atoms with Crippen LogP contribution in [-0.2, 0) is 13.0 Å². The molecule has 3 rings (SSSR count). The van der Waals surface area contributed by atoms with Crippen LogP contribution in [0.4, 0.5) is 0 Å². The maximum absolute atomic E-state index is 6.16. The van der Waals surface area contributed by atoms with Gasteiger partial charge < -0.3 is 10.1 Å². The fourth-order valence-corrected chi connectivity index (χ4v) is 2.74. The van der Waals surface area contributed by atoms with E-state index in [0.717, 1.165) is 41.5 Å². The summed E-state index contributed by atoms with van der Waals surface area (Å²) in [6.45, 7) is 1.59. The molecule has 1 heterocycles. The zero-order valence-corrected chi connectivity index (χ0v) is 11.6. The van der Waals surface area contributed by atoms with Crippen LogP contribution in [0.25, 0.3) is 11.1 Å². The molecular formula is C16H16ClNO. The molecule has 0 fully saturated rings. The number of hydrogen-bond donors (Lipinski definition) is 1. The maximum Gasteiger partial charge on any atom is 0.130 e. The van der Waals surface area contributed by atoms with Crippen LogP contribution >= 0.6 is 11.6 Å². The monoisotopic (exact) mass is 273 g/mol. The molecule has 2 nitrogen and oxygen atoms in total. The van der Waals surface area contributed by atoms with E-state index in [9.17, 15) is 0 Å². The van der Waals surface area contributed by atoms with Crippen molar-refractivity contribution < 1.29 is 4.74 Å². The molecule has 2 aromatic rings. The second kappa shape index (κ2) is 5.24. The van der Waals surface area contributed by atoms with Crippen molar-refractivity contribution in [2.45, 2.75) is 13.0 Å². The zero-order chi connectivity index (χ0) is 13.2. The Morgan fingerprint density at radius 3 is 2.95 bits per heavy atom. The van der Waals surface area contributed by atoms with Gasteiger partial charge in [0.2, 0.25) is 0 Å². The van der Waals surface area contributed by atoms with Crippen molar-refractivity contribution in [1.29, 1.82) is 0 Å². The molecule has 0 saturated carbocycles. The summed E-state index contributed by atoms with van der Waals surface area (Å²) in [4.78, 5) is 0. The third-order valence-corrected chi connectivity index (χ3v) is 3.68. The molecule has 3 heteroatoms. The molecule has 1 aliphatic heterocycles. The molecule has 98 valence electrons. The van der Waals surface area contributed by atoms with Crippen molar-refractivity contribution >= 4 is 11.6 Å². The van der Waals surface area contributed by atoms with Crippen LogP contribution in [0.15, 0.2) is 36.4 Å². The molecule has 2 aromatic carbocycles. The molecular weight excluding hydrogens is 258 g/mol. The zero-order valence-electron chi connectivity index (χ0n) is 10.9. The van der Waals surface area contributed by atoms with Crippen molar-refractivity contribution in [1.82, 2.24) is 5.32 Å². The van der Waals surface area contributed by atoms with E-state index in [1.165, 1.54) is 11.1 Å². The summed E-state index contributed by atoms with van der Waals surface area (Å²) in [5.41, 5.74) is 4.81. The Kier molecular flexibility index (Phi) is 3.45. The van der Waals surface area contributed by atoms with Crippen molar-refractivity contribution in [3.8, 4) is 16.9 Å². The Morgan fingerprint density at radius 1 is 1.21 bits per heavy atom. The fraction of sp³-hybridized carbons (Fsp3) is 0.250. The lowest BCUT2D eigenvalue weighted by Crippen LogP contribution is -2.06. The van der Waals surface area contributed by atoms with Gasteiger partial charge in [0.1, 0.15) is 5.75 Å². The molecule has 19 heavy (non-hydrogen) atoms. The molecule has 0 aliphatic carbocycles. The number of hydrogen-bond acceptors (Lipinski definition) is 2. The van der Waals surface area contributed by atoms with E-state index in [0.29, 0.717) is 0 Å². The Labute approximate surface area is 118 Å². The average Bonchev–Trinajstić information content (AvgIpc) is 2.89. The van der Waals surface area contributed by atoms with Crippen LogP contribution in [0.1, 0.15) is 11.1 Å². The summed E-state index contributed by atoms with van der Waals surface area (Å²) in [6.07, 6.45) is 0.991. The molecule has 0 amide bonds. The van der Waals surface area contributed by atoms with Crippen LogP contribution in [0, 0.1) is 0 Å². The standard InChI is InChI=1S/C16H16ClNO/c1-18-10-12-5-6-13(17)9-15(12)14-4-2-3-11-7-8-19-16(11)14/h2-6,9,18H,7-8,10H2,1H3. The quantitative estimate of drug-likeness (QED) is 0.921. The maximum atomic E-state index is 6.16. The summed E-state index contributed by atoms with van der Waals surface area (Å²) in [6, 6.07) is 12.4. The lowest BCUT2D eigenvalue weighted by atomic mass is 9.96. The van der Waals surface area contributed by atoms with Gasteiger partial charge in [0, 0.05) is 23.6 Å². The van der Waals surface area contributed by atoms with Crippen LogP contribution in [-0.4, -0.2) is 13.7 Å². The van der Waals surface area contributed by atoms with E-state index < -0.39 is 0 Å². The van der Waals surface area contributed by atoms with Gasteiger partial charge in [0.25, 0.3) is 0 Å². The highest BCUT2D eigenvalue weighted by molar-refractivity contribution is 6.30. The molecule has 0 unspecified atom stereocenters. The van der Waals surface area contributed by atoms with Crippen LogP contribution < -0.4 is 10.1 Å². The summed E-state index contributed by atoms with van der Waals surface area (Å²) in [7, 11) is 1.95. The van der Waals surface area contributed by atoms with Gasteiger partial charge in [0.05, 0.1) is 6.61 Å². The Bertz CT molecular complexity index is 610. The summed E-state index contributed by atoms with van der Waals surface area (Å²) in [5, 5.41) is 3.95. The number of para-hydroxylation sites is 1. The smallest absolute Gasteiger partial charge is 0.130 e. The van der Waals surface area contributed by atoms with Gasteiger partial charge in [-0.1, -0.05) is 35.9 Å². The lowest BCUT2D eigenvalue weighted by molar-refractivity contribution is 0.358. The lowest BCUT2D eigenvalue weighted by Gasteiger charge is -2.13. The van der Waals surface area contributed by atoms with Gasteiger partial charge in [-0.25, -0.2) is 0 Å². The number of fused-ring (bicyclic) bond motifs is 1. The van der Waals surface area contributed by atoms with Crippen molar-refractivity contribution in [3.05, 3.63) is 52.5 Å². The van der Waals surface area contributed by atoms with Gasteiger partial charge >= 0.3 is 0 Å². The molecule has 0 spiro atoms. The molecule has 0 saturated heterocycles. The number of ether oxygens (including phenoxy) is 1. The van der Waals surface area contributed by atoms with Gasteiger partial charge in [-0.15, -0.1) is 0 Å². The first-order valence-corrected chi connectivity index (χ1v) is 6.85. The van der Waals surface area contributed by atoms with E-state index >= 15 is 0 Å². The Morgan fingerprint density at radius 2 is 2.11 bits per heavy atom.